The van der Waals surface area contributed by atoms with Crippen molar-refractivity contribution in [3.63, 3.8) is 0 Å². The van der Waals surface area contributed by atoms with Gasteiger partial charge in [-0.3, -0.25) is 0 Å². The van der Waals surface area contributed by atoms with Crippen LogP contribution in [0.3, 0.4) is 0 Å². The maximum Gasteiger partial charge on any atom is 0.0314 e. The number of hydrogen-bond donors (Lipinski definition) is 1. The third kappa shape index (κ3) is 1.31. The molecule has 1 nitrogen and oxygen atoms in total. The Bertz CT molecular complexity index is 263. The number of nitrogens with two attached hydrogens (primary N) is 1. The third-order valence-electron chi connectivity index (χ3n) is 2.81. The second-order valence-corrected chi connectivity index (χ2v) is 3.68. The zero-order valence-corrected chi connectivity index (χ0v) is 7.46. The predicted octanol–water partition coefficient (Wildman–Crippen LogP) is 2.78. The molecule has 1 aliphatic rings. The van der Waals surface area contributed by atoms with Gasteiger partial charge in [-0.2, -0.15) is 0 Å². The largest absolute Gasteiger partial charge is 0.399 e. The van der Waals surface area contributed by atoms with Crippen molar-refractivity contribution in [1.82, 2.24) is 0 Å². The average molecular weight is 161 g/mol. The Morgan fingerprint density at radius 3 is 2.50 bits per heavy atom. The van der Waals surface area contributed by atoms with E-state index < -0.39 is 0 Å². The van der Waals surface area contributed by atoms with E-state index in [4.69, 9.17) is 5.73 Å². The first kappa shape index (κ1) is 7.66. The molecule has 0 spiro atoms. The van der Waals surface area contributed by atoms with Gasteiger partial charge in [0, 0.05) is 5.69 Å². The summed E-state index contributed by atoms with van der Waals surface area (Å²) in [6, 6.07) is 8.33. The topological polar surface area (TPSA) is 26.0 Å². The van der Waals surface area contributed by atoms with Gasteiger partial charge in [0.15, 0.2) is 0 Å². The van der Waals surface area contributed by atoms with Crippen molar-refractivity contribution < 1.29 is 0 Å². The fraction of sp³-hybridized carbons (Fsp3) is 0.455. The van der Waals surface area contributed by atoms with Crippen molar-refractivity contribution in [1.29, 1.82) is 0 Å². The van der Waals surface area contributed by atoms with Crippen LogP contribution in [-0.4, -0.2) is 0 Å². The van der Waals surface area contributed by atoms with Gasteiger partial charge in [-0.25, -0.2) is 0 Å². The Hall–Kier alpha value is -0.980. The van der Waals surface area contributed by atoms with Crippen LogP contribution in [0.15, 0.2) is 24.3 Å². The SMILES string of the molecule is CC[C@H]1C[C@H]1c1ccc(N)cc1. The number of nitrogen functional groups attached to an aromatic ring is 1. The average Bonchev–Trinajstić information content (AvgIpc) is 2.85. The number of anilines is 1. The maximum absolute atomic E-state index is 5.61. The fourth-order valence-electron chi connectivity index (χ4n) is 1.85. The molecule has 1 saturated carbocycles. The Labute approximate surface area is 73.6 Å². The van der Waals surface area contributed by atoms with E-state index in [1.807, 2.05) is 12.1 Å². The van der Waals surface area contributed by atoms with E-state index in [0.717, 1.165) is 17.5 Å². The van der Waals surface area contributed by atoms with Gasteiger partial charge in [0.25, 0.3) is 0 Å². The van der Waals surface area contributed by atoms with Gasteiger partial charge in [-0.05, 0) is 36.0 Å². The standard InChI is InChI=1S/C11H15N/c1-2-8-7-11(8)9-3-5-10(12)6-4-9/h3-6,8,11H,2,7,12H2,1H3/t8-,11+/m0/s1. The molecule has 0 radical (unpaired) electrons. The fourth-order valence-corrected chi connectivity index (χ4v) is 1.85. The zero-order chi connectivity index (χ0) is 8.55. The van der Waals surface area contributed by atoms with Gasteiger partial charge in [0.1, 0.15) is 0 Å². The summed E-state index contributed by atoms with van der Waals surface area (Å²) in [5.41, 5.74) is 7.95. The lowest BCUT2D eigenvalue weighted by Gasteiger charge is -1.99. The van der Waals surface area contributed by atoms with Crippen molar-refractivity contribution in [3.05, 3.63) is 29.8 Å². The molecule has 0 bridgehead atoms. The van der Waals surface area contributed by atoms with Crippen LogP contribution < -0.4 is 5.73 Å². The lowest BCUT2D eigenvalue weighted by atomic mass is 10.1. The van der Waals surface area contributed by atoms with Crippen LogP contribution >= 0.6 is 0 Å². The first-order chi connectivity index (χ1) is 5.81. The molecule has 0 aromatic heterocycles. The van der Waals surface area contributed by atoms with Gasteiger partial charge in [0.2, 0.25) is 0 Å². The highest BCUT2D eigenvalue weighted by Gasteiger charge is 2.36. The van der Waals surface area contributed by atoms with Gasteiger partial charge in [0.05, 0.1) is 0 Å². The summed E-state index contributed by atoms with van der Waals surface area (Å²) in [7, 11) is 0. The first-order valence-electron chi connectivity index (χ1n) is 4.66. The summed E-state index contributed by atoms with van der Waals surface area (Å²) >= 11 is 0. The predicted molar refractivity (Wildman–Crippen MR) is 52.0 cm³/mol. The van der Waals surface area contributed by atoms with Crippen molar-refractivity contribution in [2.75, 3.05) is 5.73 Å². The molecule has 1 aromatic rings. The molecule has 64 valence electrons. The number of hydrogen-bond acceptors (Lipinski definition) is 1. The molecular weight excluding hydrogens is 146 g/mol. The maximum atomic E-state index is 5.61. The molecular formula is C11H15N. The summed E-state index contributed by atoms with van der Waals surface area (Å²) in [4.78, 5) is 0. The highest BCUT2D eigenvalue weighted by atomic mass is 14.5. The first-order valence-corrected chi connectivity index (χ1v) is 4.66. The van der Waals surface area contributed by atoms with Crippen LogP contribution in [0, 0.1) is 5.92 Å². The van der Waals surface area contributed by atoms with Gasteiger partial charge in [-0.1, -0.05) is 25.5 Å². The number of rotatable bonds is 2. The van der Waals surface area contributed by atoms with Crippen molar-refractivity contribution >= 4 is 5.69 Å². The molecule has 2 N–H and O–H groups in total. The molecule has 12 heavy (non-hydrogen) atoms. The van der Waals surface area contributed by atoms with E-state index in [1.165, 1.54) is 18.4 Å². The second kappa shape index (κ2) is 2.81. The molecule has 0 saturated heterocycles. The molecule has 2 rings (SSSR count). The smallest absolute Gasteiger partial charge is 0.0314 e. The van der Waals surface area contributed by atoms with Gasteiger partial charge < -0.3 is 5.73 Å². The zero-order valence-electron chi connectivity index (χ0n) is 7.46. The summed E-state index contributed by atoms with van der Waals surface area (Å²) in [5.74, 6) is 1.77. The molecule has 0 unspecified atom stereocenters. The van der Waals surface area contributed by atoms with E-state index >= 15 is 0 Å². The normalized spacial score (nSPS) is 27.1. The molecule has 0 amide bonds. The summed E-state index contributed by atoms with van der Waals surface area (Å²) in [6.45, 7) is 2.27. The summed E-state index contributed by atoms with van der Waals surface area (Å²) < 4.78 is 0. The lowest BCUT2D eigenvalue weighted by molar-refractivity contribution is 0.766. The summed E-state index contributed by atoms with van der Waals surface area (Å²) in [5, 5.41) is 0. The van der Waals surface area contributed by atoms with Crippen LogP contribution in [0.2, 0.25) is 0 Å². The van der Waals surface area contributed by atoms with Gasteiger partial charge >= 0.3 is 0 Å². The molecule has 1 aromatic carbocycles. The third-order valence-corrected chi connectivity index (χ3v) is 2.81. The van der Waals surface area contributed by atoms with Crippen LogP contribution in [0.25, 0.3) is 0 Å². The van der Waals surface area contributed by atoms with E-state index in [9.17, 15) is 0 Å². The second-order valence-electron chi connectivity index (χ2n) is 3.68. The minimum atomic E-state index is 0.829. The van der Waals surface area contributed by atoms with E-state index in [0.29, 0.717) is 0 Å². The van der Waals surface area contributed by atoms with E-state index in [-0.39, 0.29) is 0 Å². The van der Waals surface area contributed by atoms with E-state index in [2.05, 4.69) is 19.1 Å². The van der Waals surface area contributed by atoms with Crippen molar-refractivity contribution in [3.8, 4) is 0 Å². The monoisotopic (exact) mass is 161 g/mol. The van der Waals surface area contributed by atoms with Crippen LogP contribution in [0.5, 0.6) is 0 Å². The Morgan fingerprint density at radius 1 is 1.33 bits per heavy atom. The Balaban J connectivity index is 2.10. The molecule has 1 fully saturated rings. The minimum absolute atomic E-state index is 0.829. The highest BCUT2D eigenvalue weighted by molar-refractivity contribution is 5.41. The van der Waals surface area contributed by atoms with Gasteiger partial charge in [-0.15, -0.1) is 0 Å². The highest BCUT2D eigenvalue weighted by Crippen LogP contribution is 2.49. The van der Waals surface area contributed by atoms with Crippen LogP contribution in [0.4, 0.5) is 5.69 Å². The molecule has 2 atom stereocenters. The minimum Gasteiger partial charge on any atom is -0.399 e. The quantitative estimate of drug-likeness (QED) is 0.663. The summed E-state index contributed by atoms with van der Waals surface area (Å²) in [6.07, 6.45) is 2.69. The molecule has 1 heteroatoms. The van der Waals surface area contributed by atoms with Crippen molar-refractivity contribution in [2.24, 2.45) is 5.92 Å². The molecule has 0 aliphatic heterocycles. The van der Waals surface area contributed by atoms with Crippen LogP contribution in [-0.2, 0) is 0 Å². The molecule has 0 heterocycles. The Morgan fingerprint density at radius 2 is 2.00 bits per heavy atom. The number of benzene rings is 1. The van der Waals surface area contributed by atoms with E-state index in [1.54, 1.807) is 0 Å². The molecule has 1 aliphatic carbocycles. The van der Waals surface area contributed by atoms with Crippen LogP contribution in [0.1, 0.15) is 31.2 Å². The Kier molecular flexibility index (Phi) is 1.80. The lowest BCUT2D eigenvalue weighted by Crippen LogP contribution is -1.86. The van der Waals surface area contributed by atoms with Crippen molar-refractivity contribution in [2.45, 2.75) is 25.7 Å².